The Kier molecular flexibility index (Phi) is 6.14. The van der Waals surface area contributed by atoms with E-state index in [0.29, 0.717) is 13.2 Å². The fourth-order valence-electron chi connectivity index (χ4n) is 3.65. The predicted molar refractivity (Wildman–Crippen MR) is 124 cm³/mol. The molecule has 0 fully saturated rings. The van der Waals surface area contributed by atoms with Gasteiger partial charge in [0.1, 0.15) is 11.5 Å². The lowest BCUT2D eigenvalue weighted by Gasteiger charge is -2.17. The van der Waals surface area contributed by atoms with E-state index in [1.54, 1.807) is 0 Å². The Labute approximate surface area is 178 Å². The smallest absolute Gasteiger partial charge is 0.119 e. The summed E-state index contributed by atoms with van der Waals surface area (Å²) in [6.45, 7) is 5.31. The molecule has 0 bridgehead atoms. The second-order valence-electron chi connectivity index (χ2n) is 6.92. The number of hydrogen-bond donors (Lipinski definition) is 0. The molecule has 2 nitrogen and oxygen atoms in total. The highest BCUT2D eigenvalue weighted by Gasteiger charge is 2.14. The molecule has 0 N–H and O–H groups in total. The van der Waals surface area contributed by atoms with Gasteiger partial charge in [0, 0.05) is 0 Å². The van der Waals surface area contributed by atoms with Crippen molar-refractivity contribution < 1.29 is 9.47 Å². The van der Waals surface area contributed by atoms with Crippen LogP contribution in [-0.4, -0.2) is 13.2 Å². The Morgan fingerprint density at radius 3 is 1.73 bits per heavy atom. The van der Waals surface area contributed by atoms with E-state index >= 15 is 0 Å². The first-order chi connectivity index (χ1) is 14.8. The minimum Gasteiger partial charge on any atom is -0.494 e. The van der Waals surface area contributed by atoms with E-state index in [1.165, 1.54) is 5.56 Å². The van der Waals surface area contributed by atoms with Gasteiger partial charge >= 0.3 is 0 Å². The molecule has 4 aromatic carbocycles. The molecular formula is C28H25O2. The molecule has 1 radical (unpaired) electrons. The van der Waals surface area contributed by atoms with Crippen LogP contribution in [0.3, 0.4) is 0 Å². The second kappa shape index (κ2) is 9.32. The number of ether oxygens (including phenoxy) is 2. The van der Waals surface area contributed by atoms with E-state index in [0.717, 1.165) is 39.3 Å². The minimum atomic E-state index is 0.658. The van der Waals surface area contributed by atoms with E-state index in [9.17, 15) is 0 Å². The highest BCUT2D eigenvalue weighted by Crippen LogP contribution is 2.40. The van der Waals surface area contributed by atoms with Crippen LogP contribution in [0.1, 0.15) is 13.8 Å². The van der Waals surface area contributed by atoms with Gasteiger partial charge in [0.2, 0.25) is 0 Å². The highest BCUT2D eigenvalue weighted by atomic mass is 16.5. The van der Waals surface area contributed by atoms with E-state index in [4.69, 9.17) is 9.47 Å². The Bertz CT molecular complexity index is 1080. The summed E-state index contributed by atoms with van der Waals surface area (Å²) in [4.78, 5) is 0. The first-order valence-corrected chi connectivity index (χ1v) is 10.4. The van der Waals surface area contributed by atoms with Crippen molar-refractivity contribution in [3.8, 4) is 44.9 Å². The van der Waals surface area contributed by atoms with E-state index in [1.807, 2.05) is 50.2 Å². The average Bonchev–Trinajstić information content (AvgIpc) is 2.81. The molecule has 4 aromatic rings. The van der Waals surface area contributed by atoms with Gasteiger partial charge in [-0.05, 0) is 77.6 Å². The normalized spacial score (nSPS) is 10.6. The van der Waals surface area contributed by atoms with Crippen LogP contribution in [0.2, 0.25) is 0 Å². The monoisotopic (exact) mass is 393 g/mol. The Morgan fingerprint density at radius 1 is 0.600 bits per heavy atom. The van der Waals surface area contributed by atoms with Crippen LogP contribution < -0.4 is 9.47 Å². The summed E-state index contributed by atoms with van der Waals surface area (Å²) in [7, 11) is 0. The van der Waals surface area contributed by atoms with Crippen LogP contribution in [0.4, 0.5) is 0 Å². The molecule has 0 amide bonds. The third kappa shape index (κ3) is 4.23. The maximum atomic E-state index is 5.64. The van der Waals surface area contributed by atoms with Gasteiger partial charge < -0.3 is 9.47 Å². The van der Waals surface area contributed by atoms with Gasteiger partial charge in [-0.3, -0.25) is 0 Å². The third-order valence-electron chi connectivity index (χ3n) is 4.99. The van der Waals surface area contributed by atoms with E-state index < -0.39 is 0 Å². The SMILES string of the molecule is CCOc1ccc(-c2cc[c]c(-c3ccccc3)c2-c2ccc(OCC)cc2)cc1. The van der Waals surface area contributed by atoms with E-state index in [-0.39, 0.29) is 0 Å². The van der Waals surface area contributed by atoms with Crippen LogP contribution in [0.15, 0.2) is 91.0 Å². The molecule has 30 heavy (non-hydrogen) atoms. The largest absolute Gasteiger partial charge is 0.494 e. The van der Waals surface area contributed by atoms with Gasteiger partial charge in [-0.1, -0.05) is 66.7 Å². The fraction of sp³-hybridized carbons (Fsp3) is 0.143. The zero-order valence-electron chi connectivity index (χ0n) is 17.4. The summed E-state index contributed by atoms with van der Waals surface area (Å²) >= 11 is 0. The van der Waals surface area contributed by atoms with Crippen molar-refractivity contribution in [2.75, 3.05) is 13.2 Å². The van der Waals surface area contributed by atoms with E-state index in [2.05, 4.69) is 60.7 Å². The van der Waals surface area contributed by atoms with Crippen LogP contribution in [0, 0.1) is 6.07 Å². The minimum absolute atomic E-state index is 0.658. The van der Waals surface area contributed by atoms with Crippen molar-refractivity contribution in [2.24, 2.45) is 0 Å². The molecule has 0 aromatic heterocycles. The molecule has 0 spiro atoms. The van der Waals surface area contributed by atoms with Crippen LogP contribution >= 0.6 is 0 Å². The Balaban J connectivity index is 1.87. The lowest BCUT2D eigenvalue weighted by atomic mass is 9.87. The quantitative estimate of drug-likeness (QED) is 0.328. The molecule has 2 heteroatoms. The van der Waals surface area contributed by atoms with Gasteiger partial charge in [0.25, 0.3) is 0 Å². The molecule has 0 saturated heterocycles. The van der Waals surface area contributed by atoms with Gasteiger partial charge in [0.15, 0.2) is 0 Å². The van der Waals surface area contributed by atoms with Gasteiger partial charge in [-0.2, -0.15) is 0 Å². The summed E-state index contributed by atoms with van der Waals surface area (Å²) in [6, 6.07) is 34.6. The van der Waals surface area contributed by atoms with Gasteiger partial charge in [-0.25, -0.2) is 0 Å². The van der Waals surface area contributed by atoms with Crippen LogP contribution in [-0.2, 0) is 0 Å². The topological polar surface area (TPSA) is 18.5 Å². The van der Waals surface area contributed by atoms with Gasteiger partial charge in [-0.15, -0.1) is 0 Å². The van der Waals surface area contributed by atoms with Crippen molar-refractivity contribution in [3.63, 3.8) is 0 Å². The Morgan fingerprint density at radius 2 is 1.17 bits per heavy atom. The lowest BCUT2D eigenvalue weighted by molar-refractivity contribution is 0.340. The molecule has 0 aliphatic heterocycles. The average molecular weight is 394 g/mol. The van der Waals surface area contributed by atoms with Crippen LogP contribution in [0.25, 0.3) is 33.4 Å². The summed E-state index contributed by atoms with van der Waals surface area (Å²) in [5, 5.41) is 0. The second-order valence-corrected chi connectivity index (χ2v) is 6.92. The van der Waals surface area contributed by atoms with Gasteiger partial charge in [0.05, 0.1) is 13.2 Å². The lowest BCUT2D eigenvalue weighted by Crippen LogP contribution is -1.94. The first kappa shape index (κ1) is 19.8. The standard InChI is InChI=1S/C28H25O2/c1-3-29-24-17-13-22(14-18-24)27-12-8-11-26(21-9-6-5-7-10-21)28(27)23-15-19-25(20-16-23)30-4-2/h5-10,12-20H,3-4H2,1-2H3. The van der Waals surface area contributed by atoms with Crippen molar-refractivity contribution in [3.05, 3.63) is 97.1 Å². The summed E-state index contributed by atoms with van der Waals surface area (Å²) in [5.74, 6) is 1.76. The molecule has 0 aliphatic carbocycles. The highest BCUT2D eigenvalue weighted by molar-refractivity contribution is 5.94. The third-order valence-corrected chi connectivity index (χ3v) is 4.99. The molecule has 0 heterocycles. The fourth-order valence-corrected chi connectivity index (χ4v) is 3.65. The molecular weight excluding hydrogens is 368 g/mol. The van der Waals surface area contributed by atoms with Crippen LogP contribution in [0.5, 0.6) is 11.5 Å². The first-order valence-electron chi connectivity index (χ1n) is 10.4. The maximum Gasteiger partial charge on any atom is 0.119 e. The molecule has 4 rings (SSSR count). The zero-order chi connectivity index (χ0) is 20.8. The zero-order valence-corrected chi connectivity index (χ0v) is 17.4. The predicted octanol–water partition coefficient (Wildman–Crippen LogP) is 7.29. The molecule has 0 saturated carbocycles. The van der Waals surface area contributed by atoms with Crippen molar-refractivity contribution in [2.45, 2.75) is 13.8 Å². The number of hydrogen-bond acceptors (Lipinski definition) is 2. The molecule has 0 aliphatic rings. The summed E-state index contributed by atoms with van der Waals surface area (Å²) < 4.78 is 11.3. The van der Waals surface area contributed by atoms with Crippen molar-refractivity contribution >= 4 is 0 Å². The summed E-state index contributed by atoms with van der Waals surface area (Å²) in [6.07, 6.45) is 0. The van der Waals surface area contributed by atoms with Crippen molar-refractivity contribution in [1.82, 2.24) is 0 Å². The van der Waals surface area contributed by atoms with Crippen molar-refractivity contribution in [1.29, 1.82) is 0 Å². The number of rotatable bonds is 7. The summed E-state index contributed by atoms with van der Waals surface area (Å²) in [5.41, 5.74) is 6.85. The molecule has 0 atom stereocenters. The molecule has 149 valence electrons. The maximum absolute atomic E-state index is 5.64. The molecule has 0 unspecified atom stereocenters. The number of benzene rings is 4. The Hall–Kier alpha value is -3.52.